The van der Waals surface area contributed by atoms with E-state index in [9.17, 15) is 13.2 Å². The van der Waals surface area contributed by atoms with Crippen LogP contribution >= 0.6 is 0 Å². The highest BCUT2D eigenvalue weighted by atomic mass is 19.4. The number of aromatic amines is 1. The van der Waals surface area contributed by atoms with Gasteiger partial charge in [-0.25, -0.2) is 4.68 Å². The van der Waals surface area contributed by atoms with Gasteiger partial charge in [-0.15, -0.1) is 0 Å². The van der Waals surface area contributed by atoms with E-state index in [0.29, 0.717) is 24.4 Å². The van der Waals surface area contributed by atoms with Crippen molar-refractivity contribution in [1.82, 2.24) is 20.0 Å². The average Bonchev–Trinajstić information content (AvgIpc) is 3.27. The van der Waals surface area contributed by atoms with Crippen molar-refractivity contribution in [2.45, 2.75) is 32.2 Å². The lowest BCUT2D eigenvalue weighted by molar-refractivity contribution is -0.138. The lowest BCUT2D eigenvalue weighted by Gasteiger charge is -2.21. The summed E-state index contributed by atoms with van der Waals surface area (Å²) in [6, 6.07) is 5.56. The van der Waals surface area contributed by atoms with E-state index in [1.165, 1.54) is 19.2 Å². The van der Waals surface area contributed by atoms with Gasteiger partial charge in [0.05, 0.1) is 42.5 Å². The first-order chi connectivity index (χ1) is 12.9. The third-order valence-electron chi connectivity index (χ3n) is 4.57. The van der Waals surface area contributed by atoms with Gasteiger partial charge < -0.3 is 9.47 Å². The van der Waals surface area contributed by atoms with Crippen LogP contribution in [-0.2, 0) is 23.9 Å². The summed E-state index contributed by atoms with van der Waals surface area (Å²) in [5.41, 5.74) is 2.88. The van der Waals surface area contributed by atoms with Crippen molar-refractivity contribution in [3.05, 3.63) is 47.3 Å². The molecule has 4 rings (SSSR count). The molecule has 27 heavy (non-hydrogen) atoms. The zero-order valence-corrected chi connectivity index (χ0v) is 14.7. The quantitative estimate of drug-likeness (QED) is 0.754. The fourth-order valence-corrected chi connectivity index (χ4v) is 3.27. The molecule has 0 bridgehead atoms. The standard InChI is InChI=1S/C18H17F3N4O2/c1-10-7-15-12(9-27-10)17(14-5-6-22-23-14)24-25(15)11-3-4-13(18(19,20)21)16(8-11)26-2/h3-6,8,10H,7,9H2,1-2H3,(H,22,23). The molecular weight excluding hydrogens is 361 g/mol. The van der Waals surface area contributed by atoms with Crippen LogP contribution in [0.15, 0.2) is 30.5 Å². The summed E-state index contributed by atoms with van der Waals surface area (Å²) in [6.45, 7) is 2.33. The fraction of sp³-hybridized carbons (Fsp3) is 0.333. The molecule has 1 N–H and O–H groups in total. The van der Waals surface area contributed by atoms with Crippen molar-refractivity contribution < 1.29 is 22.6 Å². The lowest BCUT2D eigenvalue weighted by Crippen LogP contribution is -2.21. The van der Waals surface area contributed by atoms with Crippen molar-refractivity contribution in [3.8, 4) is 22.8 Å². The van der Waals surface area contributed by atoms with E-state index in [4.69, 9.17) is 9.47 Å². The molecular formula is C18H17F3N4O2. The maximum atomic E-state index is 13.2. The molecule has 3 aromatic rings. The van der Waals surface area contributed by atoms with Crippen LogP contribution in [0.25, 0.3) is 17.1 Å². The van der Waals surface area contributed by atoms with Gasteiger partial charge in [-0.05, 0) is 25.1 Å². The Labute approximate surface area is 152 Å². The van der Waals surface area contributed by atoms with Gasteiger partial charge in [0.15, 0.2) is 0 Å². The Balaban J connectivity index is 1.87. The van der Waals surface area contributed by atoms with Crippen molar-refractivity contribution in [2.24, 2.45) is 0 Å². The largest absolute Gasteiger partial charge is 0.496 e. The van der Waals surface area contributed by atoms with Crippen LogP contribution in [0.1, 0.15) is 23.7 Å². The molecule has 0 saturated heterocycles. The predicted octanol–water partition coefficient (Wildman–Crippen LogP) is 3.75. The van der Waals surface area contributed by atoms with E-state index in [-0.39, 0.29) is 11.9 Å². The number of H-pyrrole nitrogens is 1. The maximum absolute atomic E-state index is 13.2. The number of halogens is 3. The molecule has 6 nitrogen and oxygen atoms in total. The van der Waals surface area contributed by atoms with E-state index in [2.05, 4.69) is 15.3 Å². The van der Waals surface area contributed by atoms with Crippen molar-refractivity contribution >= 4 is 0 Å². The molecule has 9 heteroatoms. The van der Waals surface area contributed by atoms with Gasteiger partial charge in [0.25, 0.3) is 0 Å². The van der Waals surface area contributed by atoms with Crippen molar-refractivity contribution in [1.29, 1.82) is 0 Å². The summed E-state index contributed by atoms with van der Waals surface area (Å²) in [4.78, 5) is 0. The molecule has 0 spiro atoms. The minimum Gasteiger partial charge on any atom is -0.496 e. The first kappa shape index (κ1) is 17.6. The van der Waals surface area contributed by atoms with Gasteiger partial charge in [0, 0.05) is 24.2 Å². The van der Waals surface area contributed by atoms with Gasteiger partial charge in [0.2, 0.25) is 0 Å². The number of aromatic nitrogens is 4. The summed E-state index contributed by atoms with van der Waals surface area (Å²) in [6.07, 6.45) is -2.29. The first-order valence-electron chi connectivity index (χ1n) is 8.36. The van der Waals surface area contributed by atoms with E-state index in [1.54, 1.807) is 16.9 Å². The number of benzene rings is 1. The topological polar surface area (TPSA) is 65.0 Å². The van der Waals surface area contributed by atoms with Crippen LogP contribution in [0.4, 0.5) is 13.2 Å². The smallest absolute Gasteiger partial charge is 0.419 e. The lowest BCUT2D eigenvalue weighted by atomic mass is 10.0. The summed E-state index contributed by atoms with van der Waals surface area (Å²) >= 11 is 0. The molecule has 0 radical (unpaired) electrons. The second-order valence-corrected chi connectivity index (χ2v) is 6.36. The number of hydrogen-bond donors (Lipinski definition) is 1. The molecule has 1 aliphatic rings. The van der Waals surface area contributed by atoms with Crippen LogP contribution in [0.2, 0.25) is 0 Å². The Morgan fingerprint density at radius 1 is 1.30 bits per heavy atom. The summed E-state index contributed by atoms with van der Waals surface area (Å²) in [5.74, 6) is -0.243. The number of alkyl halides is 3. The number of nitrogens with zero attached hydrogens (tertiary/aromatic N) is 3. The Hall–Kier alpha value is -2.81. The molecule has 1 unspecified atom stereocenters. The summed E-state index contributed by atoms with van der Waals surface area (Å²) in [5, 5.41) is 11.5. The minimum absolute atomic E-state index is 0.0149. The van der Waals surface area contributed by atoms with Crippen LogP contribution in [0.5, 0.6) is 5.75 Å². The molecule has 2 aromatic heterocycles. The Morgan fingerprint density at radius 2 is 2.11 bits per heavy atom. The van der Waals surface area contributed by atoms with E-state index in [1.807, 2.05) is 6.92 Å². The van der Waals surface area contributed by atoms with Gasteiger partial charge in [-0.3, -0.25) is 5.10 Å². The molecule has 0 fully saturated rings. The highest BCUT2D eigenvalue weighted by molar-refractivity contribution is 5.61. The summed E-state index contributed by atoms with van der Waals surface area (Å²) < 4.78 is 51.8. The van der Waals surface area contributed by atoms with Crippen LogP contribution in [0, 0.1) is 0 Å². The first-order valence-corrected chi connectivity index (χ1v) is 8.36. The number of ether oxygens (including phenoxy) is 2. The molecule has 0 amide bonds. The predicted molar refractivity (Wildman–Crippen MR) is 90.7 cm³/mol. The van der Waals surface area contributed by atoms with Crippen LogP contribution < -0.4 is 4.74 Å². The van der Waals surface area contributed by atoms with Gasteiger partial charge in [-0.1, -0.05) is 0 Å². The molecule has 0 saturated carbocycles. The number of hydrogen-bond acceptors (Lipinski definition) is 4. The van der Waals surface area contributed by atoms with Crippen molar-refractivity contribution in [2.75, 3.05) is 7.11 Å². The minimum atomic E-state index is -4.49. The fourth-order valence-electron chi connectivity index (χ4n) is 3.27. The van der Waals surface area contributed by atoms with Crippen LogP contribution in [-0.4, -0.2) is 33.2 Å². The Kier molecular flexibility index (Phi) is 4.18. The molecule has 0 aliphatic carbocycles. The number of rotatable bonds is 3. The molecule has 1 atom stereocenters. The van der Waals surface area contributed by atoms with Crippen LogP contribution in [0.3, 0.4) is 0 Å². The molecule has 1 aromatic carbocycles. The summed E-state index contributed by atoms with van der Waals surface area (Å²) in [7, 11) is 1.22. The van der Waals surface area contributed by atoms with E-state index >= 15 is 0 Å². The number of nitrogens with one attached hydrogen (secondary N) is 1. The number of methoxy groups -OCH3 is 1. The van der Waals surface area contributed by atoms with Gasteiger partial charge >= 0.3 is 6.18 Å². The monoisotopic (exact) mass is 378 g/mol. The molecule has 1 aliphatic heterocycles. The Bertz CT molecular complexity index is 964. The average molecular weight is 378 g/mol. The van der Waals surface area contributed by atoms with Gasteiger partial charge in [-0.2, -0.15) is 23.4 Å². The second kappa shape index (κ2) is 6.41. The maximum Gasteiger partial charge on any atom is 0.419 e. The zero-order chi connectivity index (χ0) is 19.2. The third kappa shape index (κ3) is 3.08. The van der Waals surface area contributed by atoms with E-state index < -0.39 is 11.7 Å². The second-order valence-electron chi connectivity index (χ2n) is 6.36. The van der Waals surface area contributed by atoms with Crippen molar-refractivity contribution in [3.63, 3.8) is 0 Å². The molecule has 142 valence electrons. The molecule has 3 heterocycles. The normalized spacial score (nSPS) is 17.0. The highest BCUT2D eigenvalue weighted by Gasteiger charge is 2.35. The van der Waals surface area contributed by atoms with E-state index in [0.717, 1.165) is 23.0 Å². The highest BCUT2D eigenvalue weighted by Crippen LogP contribution is 2.38. The zero-order valence-electron chi connectivity index (χ0n) is 14.7. The number of fused-ring (bicyclic) bond motifs is 1. The SMILES string of the molecule is COc1cc(-n2nc(-c3ccn[nH]3)c3c2CC(C)OC3)ccc1C(F)(F)F. The third-order valence-corrected chi connectivity index (χ3v) is 4.57. The van der Waals surface area contributed by atoms with Gasteiger partial charge in [0.1, 0.15) is 11.4 Å². The Morgan fingerprint density at radius 3 is 2.78 bits per heavy atom.